The molecule has 0 radical (unpaired) electrons. The lowest BCUT2D eigenvalue weighted by molar-refractivity contribution is 0.0595. The number of methoxy groups -OCH3 is 1. The molecule has 0 amide bonds. The number of rotatable bonds is 4. The second-order valence-corrected chi connectivity index (χ2v) is 5.48. The molecule has 0 fully saturated rings. The average Bonchev–Trinajstić information content (AvgIpc) is 2.95. The number of sulfonamides is 1. The van der Waals surface area contributed by atoms with E-state index < -0.39 is 38.9 Å². The van der Waals surface area contributed by atoms with E-state index in [2.05, 4.69) is 14.7 Å². The molecule has 0 aliphatic heterocycles. The lowest BCUT2D eigenvalue weighted by Crippen LogP contribution is -2.16. The molecule has 0 unspecified atom stereocenters. The number of imidazole rings is 1. The van der Waals surface area contributed by atoms with E-state index in [0.29, 0.717) is 12.1 Å². The maximum atomic E-state index is 13.6. The number of hydrogen-bond acceptors (Lipinski definition) is 5. The maximum absolute atomic E-state index is 13.6. The predicted molar refractivity (Wildman–Crippen MR) is 67.1 cm³/mol. The number of aromatic amines is 1. The van der Waals surface area contributed by atoms with E-state index in [1.54, 1.807) is 0 Å². The minimum absolute atomic E-state index is 0.314. The highest BCUT2D eigenvalue weighted by Gasteiger charge is 2.21. The van der Waals surface area contributed by atoms with Crippen LogP contribution in [0.15, 0.2) is 29.7 Å². The average molecular weight is 317 g/mol. The molecule has 0 aliphatic carbocycles. The normalized spacial score (nSPS) is 11.2. The van der Waals surface area contributed by atoms with Gasteiger partial charge in [-0.05, 0) is 6.07 Å². The Morgan fingerprint density at radius 2 is 2.05 bits per heavy atom. The van der Waals surface area contributed by atoms with Crippen LogP contribution in [0.4, 0.5) is 14.5 Å². The van der Waals surface area contributed by atoms with Crippen LogP contribution in [0.1, 0.15) is 10.4 Å². The number of H-pyrrole nitrogens is 1. The van der Waals surface area contributed by atoms with E-state index in [9.17, 15) is 22.0 Å². The highest BCUT2D eigenvalue weighted by Crippen LogP contribution is 2.22. The van der Waals surface area contributed by atoms with Crippen molar-refractivity contribution in [1.82, 2.24) is 9.97 Å². The number of ether oxygens (including phenoxy) is 1. The van der Waals surface area contributed by atoms with Gasteiger partial charge in [0, 0.05) is 6.07 Å². The molecule has 0 atom stereocenters. The molecule has 0 saturated heterocycles. The Hall–Kier alpha value is -2.49. The van der Waals surface area contributed by atoms with Gasteiger partial charge in [-0.25, -0.2) is 18.6 Å². The lowest BCUT2D eigenvalue weighted by Gasteiger charge is -2.09. The summed E-state index contributed by atoms with van der Waals surface area (Å²) in [5, 5.41) is -0.314. The summed E-state index contributed by atoms with van der Waals surface area (Å²) in [4.78, 5) is 17.2. The van der Waals surface area contributed by atoms with Gasteiger partial charge in [-0.1, -0.05) is 0 Å². The van der Waals surface area contributed by atoms with Gasteiger partial charge in [0.05, 0.1) is 30.9 Å². The van der Waals surface area contributed by atoms with Crippen molar-refractivity contribution >= 4 is 21.7 Å². The number of anilines is 1. The molecule has 2 aromatic rings. The fourth-order valence-electron chi connectivity index (χ4n) is 1.48. The van der Waals surface area contributed by atoms with Crippen LogP contribution in [0.3, 0.4) is 0 Å². The highest BCUT2D eigenvalue weighted by molar-refractivity contribution is 7.92. The van der Waals surface area contributed by atoms with Gasteiger partial charge in [0.1, 0.15) is 11.6 Å². The smallest absolute Gasteiger partial charge is 0.340 e. The molecular weight excluding hydrogens is 308 g/mol. The molecule has 2 N–H and O–H groups in total. The second-order valence-electron chi connectivity index (χ2n) is 3.82. The van der Waals surface area contributed by atoms with E-state index in [0.717, 1.165) is 19.6 Å². The first-order valence-electron chi connectivity index (χ1n) is 5.43. The van der Waals surface area contributed by atoms with Crippen LogP contribution in [-0.2, 0) is 14.8 Å². The third-order valence-electron chi connectivity index (χ3n) is 2.47. The Kier molecular flexibility index (Phi) is 3.89. The van der Waals surface area contributed by atoms with Gasteiger partial charge < -0.3 is 9.72 Å². The van der Waals surface area contributed by atoms with Crippen molar-refractivity contribution < 1.29 is 26.7 Å². The third kappa shape index (κ3) is 2.99. The molecule has 7 nitrogen and oxygen atoms in total. The van der Waals surface area contributed by atoms with Crippen molar-refractivity contribution in [3.63, 3.8) is 0 Å². The SMILES string of the molecule is COC(=O)c1cc(NS(=O)(=O)c2cnc[nH]2)c(F)cc1F. The summed E-state index contributed by atoms with van der Waals surface area (Å²) in [5.74, 6) is -3.40. The molecule has 0 bridgehead atoms. The Balaban J connectivity index is 2.43. The summed E-state index contributed by atoms with van der Waals surface area (Å²) in [7, 11) is -3.12. The molecule has 0 aliphatic rings. The lowest BCUT2D eigenvalue weighted by atomic mass is 10.2. The number of esters is 1. The minimum Gasteiger partial charge on any atom is -0.465 e. The van der Waals surface area contributed by atoms with Crippen LogP contribution >= 0.6 is 0 Å². The molecule has 0 spiro atoms. The summed E-state index contributed by atoms with van der Waals surface area (Å²) in [5.41, 5.74) is -1.19. The highest BCUT2D eigenvalue weighted by atomic mass is 32.2. The molecule has 10 heteroatoms. The number of carbonyl (C=O) groups excluding carboxylic acids is 1. The van der Waals surface area contributed by atoms with Gasteiger partial charge in [-0.15, -0.1) is 0 Å². The van der Waals surface area contributed by atoms with Crippen molar-refractivity contribution in [2.45, 2.75) is 5.03 Å². The van der Waals surface area contributed by atoms with Gasteiger partial charge in [0.2, 0.25) is 0 Å². The monoisotopic (exact) mass is 317 g/mol. The summed E-state index contributed by atoms with van der Waals surface area (Å²) < 4.78 is 57.1. The first-order chi connectivity index (χ1) is 9.85. The molecule has 0 saturated carbocycles. The molecule has 112 valence electrons. The summed E-state index contributed by atoms with van der Waals surface area (Å²) in [6.45, 7) is 0. The quantitative estimate of drug-likeness (QED) is 0.827. The van der Waals surface area contributed by atoms with E-state index in [-0.39, 0.29) is 5.03 Å². The molecule has 1 aromatic carbocycles. The van der Waals surface area contributed by atoms with E-state index in [1.165, 1.54) is 0 Å². The molecule has 2 rings (SSSR count). The standard InChI is InChI=1S/C11H9F2N3O4S/c1-20-11(17)6-2-9(8(13)3-7(6)12)16-21(18,19)10-4-14-5-15-10/h2-5,16H,1H3,(H,14,15). The van der Waals surface area contributed by atoms with Crippen molar-refractivity contribution in [3.05, 3.63) is 41.9 Å². The van der Waals surface area contributed by atoms with Gasteiger partial charge in [-0.2, -0.15) is 8.42 Å². The van der Waals surface area contributed by atoms with Crippen molar-refractivity contribution in [3.8, 4) is 0 Å². The zero-order valence-electron chi connectivity index (χ0n) is 10.6. The molecule has 1 aromatic heterocycles. The first kappa shape index (κ1) is 14.9. The van der Waals surface area contributed by atoms with Crippen LogP contribution in [0, 0.1) is 11.6 Å². The Morgan fingerprint density at radius 3 is 2.62 bits per heavy atom. The fraction of sp³-hybridized carbons (Fsp3) is 0.0909. The number of nitrogens with one attached hydrogen (secondary N) is 2. The number of halogens is 2. The minimum atomic E-state index is -4.14. The third-order valence-corrected chi connectivity index (χ3v) is 3.76. The van der Waals surface area contributed by atoms with Crippen LogP contribution in [0.5, 0.6) is 0 Å². The molecule has 1 heterocycles. The maximum Gasteiger partial charge on any atom is 0.340 e. The van der Waals surface area contributed by atoms with Crippen molar-refractivity contribution in [2.75, 3.05) is 11.8 Å². The number of hydrogen-bond donors (Lipinski definition) is 2. The first-order valence-corrected chi connectivity index (χ1v) is 6.92. The van der Waals surface area contributed by atoms with E-state index >= 15 is 0 Å². The van der Waals surface area contributed by atoms with Crippen molar-refractivity contribution in [1.29, 1.82) is 0 Å². The largest absolute Gasteiger partial charge is 0.465 e. The zero-order valence-corrected chi connectivity index (χ0v) is 11.4. The van der Waals surface area contributed by atoms with Crippen LogP contribution in [0.25, 0.3) is 0 Å². The topological polar surface area (TPSA) is 101 Å². The van der Waals surface area contributed by atoms with Crippen LogP contribution < -0.4 is 4.72 Å². The Morgan fingerprint density at radius 1 is 1.33 bits per heavy atom. The van der Waals surface area contributed by atoms with Gasteiger partial charge in [0.25, 0.3) is 10.0 Å². The number of benzene rings is 1. The molecule has 21 heavy (non-hydrogen) atoms. The van der Waals surface area contributed by atoms with E-state index in [4.69, 9.17) is 0 Å². The van der Waals surface area contributed by atoms with Gasteiger partial charge in [0.15, 0.2) is 5.03 Å². The van der Waals surface area contributed by atoms with Crippen LogP contribution in [-0.4, -0.2) is 31.5 Å². The second kappa shape index (κ2) is 5.48. The number of carbonyl (C=O) groups is 1. The fourth-order valence-corrected chi connectivity index (χ4v) is 2.45. The van der Waals surface area contributed by atoms with Gasteiger partial charge >= 0.3 is 5.97 Å². The Labute approximate surface area is 118 Å². The summed E-state index contributed by atoms with van der Waals surface area (Å²) >= 11 is 0. The number of aromatic nitrogens is 2. The number of nitrogens with zero attached hydrogens (tertiary/aromatic N) is 1. The summed E-state index contributed by atoms with van der Waals surface area (Å²) in [6.07, 6.45) is 2.13. The van der Waals surface area contributed by atoms with E-state index in [1.807, 2.05) is 4.72 Å². The predicted octanol–water partition coefficient (Wildman–Crippen LogP) is 1.28. The molecular formula is C11H9F2N3O4S. The van der Waals surface area contributed by atoms with Crippen LogP contribution in [0.2, 0.25) is 0 Å². The summed E-state index contributed by atoms with van der Waals surface area (Å²) in [6, 6.07) is 1.10. The zero-order chi connectivity index (χ0) is 15.6. The van der Waals surface area contributed by atoms with Crippen molar-refractivity contribution in [2.24, 2.45) is 0 Å². The van der Waals surface area contributed by atoms with Gasteiger partial charge in [-0.3, -0.25) is 4.72 Å². The Bertz CT molecular complexity index is 775.